The molecule has 0 saturated heterocycles. The minimum absolute atomic E-state index is 0.0903. The molecule has 0 bridgehead atoms. The highest BCUT2D eigenvalue weighted by Crippen LogP contribution is 2.26. The van der Waals surface area contributed by atoms with Gasteiger partial charge in [0.15, 0.2) is 10.9 Å². The van der Waals surface area contributed by atoms with Gasteiger partial charge in [-0.3, -0.25) is 10.1 Å². The molecule has 0 aromatic heterocycles. The first-order valence-electron chi connectivity index (χ1n) is 5.90. The van der Waals surface area contributed by atoms with E-state index in [1.807, 2.05) is 0 Å². The molecule has 0 spiro atoms. The summed E-state index contributed by atoms with van der Waals surface area (Å²) in [5.41, 5.74) is -0.342. The van der Waals surface area contributed by atoms with Crippen molar-refractivity contribution in [3.8, 4) is 0 Å². The van der Waals surface area contributed by atoms with Gasteiger partial charge in [-0.2, -0.15) is 0 Å². The zero-order valence-corrected chi connectivity index (χ0v) is 13.2. The van der Waals surface area contributed by atoms with Crippen LogP contribution in [0.1, 0.15) is 10.4 Å². The smallest absolute Gasteiger partial charge is 0.260 e. The van der Waals surface area contributed by atoms with Gasteiger partial charge < -0.3 is 5.32 Å². The molecular weight excluding hydrogens is 381 g/mol. The fraction of sp³-hybridized carbons (Fsp3) is 0. The summed E-state index contributed by atoms with van der Waals surface area (Å²) in [6.45, 7) is 0. The zero-order chi connectivity index (χ0) is 16.3. The van der Waals surface area contributed by atoms with Gasteiger partial charge in [0.05, 0.1) is 11.3 Å². The Hall–Kier alpha value is -1.93. The summed E-state index contributed by atoms with van der Waals surface area (Å²) in [4.78, 5) is 11.8. The molecule has 0 atom stereocenters. The number of carbonyl (C=O) groups is 1. The zero-order valence-electron chi connectivity index (χ0n) is 10.8. The Morgan fingerprint density at radius 3 is 2.41 bits per heavy atom. The van der Waals surface area contributed by atoms with Crippen LogP contribution in [0.3, 0.4) is 0 Å². The van der Waals surface area contributed by atoms with Crippen LogP contribution < -0.4 is 10.6 Å². The van der Waals surface area contributed by atoms with Gasteiger partial charge in [0.25, 0.3) is 5.91 Å². The van der Waals surface area contributed by atoms with Crippen molar-refractivity contribution in [1.29, 1.82) is 0 Å². The van der Waals surface area contributed by atoms with Crippen molar-refractivity contribution in [1.82, 2.24) is 5.32 Å². The summed E-state index contributed by atoms with van der Waals surface area (Å²) < 4.78 is 40.2. The molecule has 0 heterocycles. The maximum atomic E-state index is 13.6. The van der Waals surface area contributed by atoms with Crippen LogP contribution in [0, 0.1) is 17.5 Å². The Morgan fingerprint density at radius 1 is 1.09 bits per heavy atom. The molecule has 0 aliphatic carbocycles. The fourth-order valence-electron chi connectivity index (χ4n) is 1.62. The van der Waals surface area contributed by atoms with Crippen molar-refractivity contribution in [3.05, 3.63) is 63.9 Å². The minimum atomic E-state index is -0.894. The summed E-state index contributed by atoms with van der Waals surface area (Å²) in [7, 11) is 0. The molecule has 2 rings (SSSR count). The Labute approximate surface area is 137 Å². The highest BCUT2D eigenvalue weighted by Gasteiger charge is 2.15. The third-order valence-corrected chi connectivity index (χ3v) is 3.42. The van der Waals surface area contributed by atoms with E-state index in [0.29, 0.717) is 6.07 Å². The van der Waals surface area contributed by atoms with Crippen LogP contribution >= 0.6 is 28.1 Å². The molecule has 22 heavy (non-hydrogen) atoms. The molecule has 0 aliphatic heterocycles. The average molecular weight is 389 g/mol. The Bertz CT molecular complexity index is 732. The monoisotopic (exact) mass is 388 g/mol. The van der Waals surface area contributed by atoms with Gasteiger partial charge in [-0.05, 0) is 46.3 Å². The fourth-order valence-corrected chi connectivity index (χ4v) is 2.32. The number of benzene rings is 2. The van der Waals surface area contributed by atoms with Crippen LogP contribution in [0.4, 0.5) is 18.9 Å². The Morgan fingerprint density at radius 2 is 1.77 bits per heavy atom. The van der Waals surface area contributed by atoms with Crippen LogP contribution in [-0.4, -0.2) is 11.0 Å². The van der Waals surface area contributed by atoms with Crippen molar-refractivity contribution in [3.63, 3.8) is 0 Å². The molecule has 2 aromatic carbocycles. The molecule has 8 heteroatoms. The summed E-state index contributed by atoms with van der Waals surface area (Å²) in [6.07, 6.45) is 0. The van der Waals surface area contributed by atoms with E-state index in [4.69, 9.17) is 12.2 Å². The van der Waals surface area contributed by atoms with Gasteiger partial charge in [0, 0.05) is 10.5 Å². The van der Waals surface area contributed by atoms with E-state index >= 15 is 0 Å². The van der Waals surface area contributed by atoms with Crippen molar-refractivity contribution < 1.29 is 18.0 Å². The minimum Gasteiger partial charge on any atom is -0.329 e. The maximum absolute atomic E-state index is 13.6. The van der Waals surface area contributed by atoms with Crippen LogP contribution in [0.25, 0.3) is 0 Å². The number of anilines is 1. The molecule has 2 N–H and O–H groups in total. The van der Waals surface area contributed by atoms with Crippen molar-refractivity contribution in [2.45, 2.75) is 0 Å². The molecule has 2 aromatic rings. The van der Waals surface area contributed by atoms with Gasteiger partial charge in [0.2, 0.25) is 0 Å². The molecule has 0 fully saturated rings. The topological polar surface area (TPSA) is 41.1 Å². The highest BCUT2D eigenvalue weighted by molar-refractivity contribution is 9.10. The predicted molar refractivity (Wildman–Crippen MR) is 84.1 cm³/mol. The normalized spacial score (nSPS) is 10.2. The van der Waals surface area contributed by atoms with Crippen molar-refractivity contribution in [2.24, 2.45) is 0 Å². The largest absolute Gasteiger partial charge is 0.329 e. The molecule has 3 nitrogen and oxygen atoms in total. The first-order chi connectivity index (χ1) is 10.4. The second-order valence-corrected chi connectivity index (χ2v) is 5.40. The lowest BCUT2D eigenvalue weighted by molar-refractivity contribution is 0.0974. The van der Waals surface area contributed by atoms with Gasteiger partial charge in [-0.15, -0.1) is 0 Å². The SMILES string of the molecule is O=C(NC(=S)Nc1c(F)cc(F)cc1Br)c1ccccc1F. The third-order valence-electron chi connectivity index (χ3n) is 2.59. The molecule has 1 amide bonds. The maximum Gasteiger partial charge on any atom is 0.260 e. The number of rotatable bonds is 2. The third kappa shape index (κ3) is 3.83. The van der Waals surface area contributed by atoms with E-state index in [1.54, 1.807) is 0 Å². The first-order valence-corrected chi connectivity index (χ1v) is 7.10. The number of hydrogen-bond donors (Lipinski definition) is 2. The van der Waals surface area contributed by atoms with Crippen molar-refractivity contribution in [2.75, 3.05) is 5.32 Å². The highest BCUT2D eigenvalue weighted by atomic mass is 79.9. The molecule has 0 unspecified atom stereocenters. The van der Waals surface area contributed by atoms with E-state index in [2.05, 4.69) is 26.6 Å². The number of amides is 1. The Kier molecular flexibility index (Phi) is 5.15. The van der Waals surface area contributed by atoms with Crippen molar-refractivity contribution >= 4 is 44.9 Å². The van der Waals surface area contributed by atoms with Crippen LogP contribution in [0.5, 0.6) is 0 Å². The van der Waals surface area contributed by atoms with Gasteiger partial charge in [-0.1, -0.05) is 12.1 Å². The summed E-state index contributed by atoms with van der Waals surface area (Å²) in [6, 6.07) is 7.03. The lowest BCUT2D eigenvalue weighted by atomic mass is 10.2. The molecular formula is C14H8BrF3N2OS. The van der Waals surface area contributed by atoms with Crippen LogP contribution in [-0.2, 0) is 0 Å². The van der Waals surface area contributed by atoms with Gasteiger partial charge in [0.1, 0.15) is 11.6 Å². The van der Waals surface area contributed by atoms with Crippen LogP contribution in [0.2, 0.25) is 0 Å². The summed E-state index contributed by atoms with van der Waals surface area (Å²) >= 11 is 7.84. The van der Waals surface area contributed by atoms with E-state index < -0.39 is 23.4 Å². The Balaban J connectivity index is 2.11. The number of hydrogen-bond acceptors (Lipinski definition) is 2. The summed E-state index contributed by atoms with van der Waals surface area (Å²) in [5.74, 6) is -3.16. The number of halogens is 4. The number of carbonyl (C=O) groups excluding carboxylic acids is 1. The number of nitrogens with one attached hydrogen (secondary N) is 2. The quantitative estimate of drug-likeness (QED) is 0.764. The lowest BCUT2D eigenvalue weighted by Crippen LogP contribution is -2.35. The standard InChI is InChI=1S/C14H8BrF3N2OS/c15-9-5-7(16)6-11(18)12(9)19-14(22)20-13(21)8-3-1-2-4-10(8)17/h1-6H,(H2,19,20,21,22). The molecule has 114 valence electrons. The van der Waals surface area contributed by atoms with E-state index in [9.17, 15) is 18.0 Å². The molecule has 0 radical (unpaired) electrons. The van der Waals surface area contributed by atoms with E-state index in [1.165, 1.54) is 18.2 Å². The molecule has 0 aliphatic rings. The van der Waals surface area contributed by atoms with Gasteiger partial charge >= 0.3 is 0 Å². The first kappa shape index (κ1) is 16.4. The average Bonchev–Trinajstić information content (AvgIpc) is 2.43. The second-order valence-electron chi connectivity index (χ2n) is 4.13. The van der Waals surface area contributed by atoms with Gasteiger partial charge in [-0.25, -0.2) is 13.2 Å². The molecule has 0 saturated carbocycles. The van der Waals surface area contributed by atoms with E-state index in [-0.39, 0.29) is 20.8 Å². The lowest BCUT2D eigenvalue weighted by Gasteiger charge is -2.12. The van der Waals surface area contributed by atoms with E-state index in [0.717, 1.165) is 12.1 Å². The predicted octanol–water partition coefficient (Wildman–Crippen LogP) is 3.99. The second kappa shape index (κ2) is 6.89. The number of thiocarbonyl (C=S) groups is 1. The summed E-state index contributed by atoms with van der Waals surface area (Å²) in [5, 5.41) is 4.38. The van der Waals surface area contributed by atoms with Crippen LogP contribution in [0.15, 0.2) is 40.9 Å².